The van der Waals surface area contributed by atoms with Crippen molar-refractivity contribution < 1.29 is 14.3 Å². The van der Waals surface area contributed by atoms with Crippen LogP contribution in [0.1, 0.15) is 32.9 Å². The molecule has 0 aliphatic rings. The van der Waals surface area contributed by atoms with Gasteiger partial charge in [-0.15, -0.1) is 5.10 Å². The number of nitrogens with one attached hydrogen (secondary N) is 1. The fraction of sp³-hybridized carbons (Fsp3) is 0.750. The highest BCUT2D eigenvalue weighted by molar-refractivity contribution is 5.67. The lowest BCUT2D eigenvalue weighted by Gasteiger charge is -2.24. The molecule has 7 heteroatoms. The molecule has 108 valence electrons. The van der Waals surface area contributed by atoms with Gasteiger partial charge in [-0.05, 0) is 27.2 Å². The Morgan fingerprint density at radius 1 is 1.53 bits per heavy atom. The summed E-state index contributed by atoms with van der Waals surface area (Å²) < 4.78 is 12.1. The van der Waals surface area contributed by atoms with Crippen molar-refractivity contribution in [3.63, 3.8) is 0 Å². The van der Waals surface area contributed by atoms with Crippen LogP contribution >= 0.6 is 0 Å². The molecule has 7 nitrogen and oxygen atoms in total. The van der Waals surface area contributed by atoms with Crippen LogP contribution in [0.5, 0.6) is 0 Å². The number of carbonyl (C=O) groups excluding carboxylic acids is 1. The Morgan fingerprint density at radius 2 is 2.26 bits per heavy atom. The second kappa shape index (κ2) is 7.08. The quantitative estimate of drug-likeness (QED) is 0.806. The van der Waals surface area contributed by atoms with Gasteiger partial charge in [0.2, 0.25) is 0 Å². The van der Waals surface area contributed by atoms with Crippen molar-refractivity contribution in [2.24, 2.45) is 7.05 Å². The summed E-state index contributed by atoms with van der Waals surface area (Å²) in [5.41, 5.74) is 0.375. The maximum atomic E-state index is 11.4. The van der Waals surface area contributed by atoms with E-state index in [1.54, 1.807) is 17.9 Å². The second-order valence-corrected chi connectivity index (χ2v) is 4.83. The Morgan fingerprint density at radius 3 is 2.84 bits per heavy atom. The van der Waals surface area contributed by atoms with Crippen molar-refractivity contribution in [3.05, 3.63) is 11.9 Å². The number of ether oxygens (including phenoxy) is 2. The summed E-state index contributed by atoms with van der Waals surface area (Å²) in [6.07, 6.45) is 1.96. The van der Waals surface area contributed by atoms with Crippen LogP contribution in [0.25, 0.3) is 0 Å². The van der Waals surface area contributed by atoms with Crippen LogP contribution in [-0.2, 0) is 23.1 Å². The minimum Gasteiger partial charge on any atom is -0.443 e. The highest BCUT2D eigenvalue weighted by Crippen LogP contribution is 2.12. The van der Waals surface area contributed by atoms with E-state index in [4.69, 9.17) is 9.47 Å². The first-order valence-corrected chi connectivity index (χ1v) is 6.33. The zero-order valence-corrected chi connectivity index (χ0v) is 12.0. The number of carbonyl (C=O) groups is 1. The van der Waals surface area contributed by atoms with Gasteiger partial charge in [0.1, 0.15) is 12.3 Å². The molecule has 0 aliphatic heterocycles. The highest BCUT2D eigenvalue weighted by Gasteiger charge is 2.17. The summed E-state index contributed by atoms with van der Waals surface area (Å²) in [6, 6.07) is 0. The Balaban J connectivity index is 2.18. The molecule has 0 fully saturated rings. The van der Waals surface area contributed by atoms with Crippen molar-refractivity contribution in [2.75, 3.05) is 13.2 Å². The largest absolute Gasteiger partial charge is 0.443 e. The van der Waals surface area contributed by atoms with E-state index in [-0.39, 0.29) is 12.2 Å². The molecule has 0 aromatic carbocycles. The van der Waals surface area contributed by atoms with E-state index < -0.39 is 6.09 Å². The molecule has 0 aliphatic carbocycles. The third-order valence-electron chi connectivity index (χ3n) is 2.53. The lowest BCUT2D eigenvalue weighted by molar-refractivity contribution is -0.0155. The van der Waals surface area contributed by atoms with Gasteiger partial charge in [-0.25, -0.2) is 4.79 Å². The molecule has 1 aromatic heterocycles. The van der Waals surface area contributed by atoms with Gasteiger partial charge in [0.25, 0.3) is 0 Å². The number of hydrogen-bond donors (Lipinski definition) is 1. The van der Waals surface area contributed by atoms with Gasteiger partial charge < -0.3 is 14.8 Å². The van der Waals surface area contributed by atoms with E-state index in [1.165, 1.54) is 0 Å². The third kappa shape index (κ3) is 6.19. The summed E-state index contributed by atoms with van der Waals surface area (Å²) in [4.78, 5) is 11.4. The number of alkyl carbamates (subject to hydrolysis) is 1. The monoisotopic (exact) mass is 270 g/mol. The summed E-state index contributed by atoms with van der Waals surface area (Å²) in [5.74, 6) is 0. The molecule has 0 bridgehead atoms. The van der Waals surface area contributed by atoms with Gasteiger partial charge in [-0.1, -0.05) is 5.21 Å². The molecular formula is C12H22N4O3. The zero-order valence-electron chi connectivity index (χ0n) is 12.0. The standard InChI is InChI=1S/C12H22N4O3/c1-5-19-12(2,3)6-7-13-11(17)18-9-10-8-16(4)15-14-10/h8H,5-7,9H2,1-4H3,(H,13,17). The van der Waals surface area contributed by atoms with E-state index in [1.807, 2.05) is 20.8 Å². The number of nitrogens with zero attached hydrogens (tertiary/aromatic N) is 3. The minimum atomic E-state index is -0.460. The van der Waals surface area contributed by atoms with Crippen molar-refractivity contribution in [1.82, 2.24) is 20.3 Å². The Hall–Kier alpha value is -1.63. The minimum absolute atomic E-state index is 0.120. The first kappa shape index (κ1) is 15.4. The molecule has 1 N–H and O–H groups in total. The van der Waals surface area contributed by atoms with Crippen molar-refractivity contribution in [1.29, 1.82) is 0 Å². The van der Waals surface area contributed by atoms with Gasteiger partial charge in [0.15, 0.2) is 0 Å². The number of aromatic nitrogens is 3. The van der Waals surface area contributed by atoms with E-state index in [0.29, 0.717) is 18.8 Å². The van der Waals surface area contributed by atoms with E-state index in [9.17, 15) is 4.79 Å². The Kier molecular flexibility index (Phi) is 5.75. The predicted octanol–water partition coefficient (Wildman–Crippen LogP) is 1.25. The molecule has 19 heavy (non-hydrogen) atoms. The average Bonchev–Trinajstić information content (AvgIpc) is 2.72. The number of hydrogen-bond acceptors (Lipinski definition) is 5. The summed E-state index contributed by atoms with van der Waals surface area (Å²) >= 11 is 0. The van der Waals surface area contributed by atoms with Crippen LogP contribution in [0.2, 0.25) is 0 Å². The first-order chi connectivity index (χ1) is 8.93. The van der Waals surface area contributed by atoms with Gasteiger partial charge in [0.05, 0.1) is 11.8 Å². The molecule has 0 spiro atoms. The lowest BCUT2D eigenvalue weighted by atomic mass is 10.1. The molecule has 1 amide bonds. The highest BCUT2D eigenvalue weighted by atomic mass is 16.5. The third-order valence-corrected chi connectivity index (χ3v) is 2.53. The topological polar surface area (TPSA) is 78.3 Å². The molecule has 1 rings (SSSR count). The normalized spacial score (nSPS) is 11.4. The van der Waals surface area contributed by atoms with Gasteiger partial charge >= 0.3 is 6.09 Å². The van der Waals surface area contributed by atoms with Gasteiger partial charge in [-0.3, -0.25) is 4.68 Å². The molecule has 0 radical (unpaired) electrons. The molecule has 0 unspecified atom stereocenters. The van der Waals surface area contributed by atoms with Crippen LogP contribution in [0.15, 0.2) is 6.20 Å². The molecule has 0 saturated carbocycles. The maximum Gasteiger partial charge on any atom is 0.407 e. The Bertz CT molecular complexity index is 403. The van der Waals surface area contributed by atoms with Crippen molar-refractivity contribution in [2.45, 2.75) is 39.4 Å². The number of amides is 1. The van der Waals surface area contributed by atoms with Crippen LogP contribution in [-0.4, -0.2) is 39.8 Å². The van der Waals surface area contributed by atoms with Crippen LogP contribution in [0.4, 0.5) is 4.79 Å². The Labute approximate surface area is 113 Å². The van der Waals surface area contributed by atoms with E-state index >= 15 is 0 Å². The molecule has 1 aromatic rings. The average molecular weight is 270 g/mol. The molecule has 0 atom stereocenters. The fourth-order valence-corrected chi connectivity index (χ4v) is 1.58. The van der Waals surface area contributed by atoms with Crippen LogP contribution in [0.3, 0.4) is 0 Å². The first-order valence-electron chi connectivity index (χ1n) is 6.33. The second-order valence-electron chi connectivity index (χ2n) is 4.83. The maximum absolute atomic E-state index is 11.4. The molecule has 1 heterocycles. The number of rotatable bonds is 7. The van der Waals surface area contributed by atoms with Gasteiger partial charge in [0, 0.05) is 20.2 Å². The molecule has 0 saturated heterocycles. The summed E-state index contributed by atoms with van der Waals surface area (Å²) in [5, 5.41) is 10.2. The summed E-state index contributed by atoms with van der Waals surface area (Å²) in [6.45, 7) is 7.21. The SMILES string of the molecule is CCOC(C)(C)CCNC(=O)OCc1cn(C)nn1. The summed E-state index contributed by atoms with van der Waals surface area (Å²) in [7, 11) is 1.76. The number of aryl methyl sites for hydroxylation is 1. The van der Waals surface area contributed by atoms with E-state index in [0.717, 1.165) is 6.42 Å². The van der Waals surface area contributed by atoms with Crippen LogP contribution < -0.4 is 5.32 Å². The molecular weight excluding hydrogens is 248 g/mol. The fourth-order valence-electron chi connectivity index (χ4n) is 1.58. The lowest BCUT2D eigenvalue weighted by Crippen LogP contribution is -2.33. The van der Waals surface area contributed by atoms with E-state index in [2.05, 4.69) is 15.6 Å². The van der Waals surface area contributed by atoms with Crippen molar-refractivity contribution in [3.8, 4) is 0 Å². The smallest absolute Gasteiger partial charge is 0.407 e. The van der Waals surface area contributed by atoms with Crippen molar-refractivity contribution >= 4 is 6.09 Å². The van der Waals surface area contributed by atoms with Crippen LogP contribution in [0, 0.1) is 0 Å². The zero-order chi connectivity index (χ0) is 14.3. The predicted molar refractivity (Wildman–Crippen MR) is 69.5 cm³/mol. The van der Waals surface area contributed by atoms with Gasteiger partial charge in [-0.2, -0.15) is 0 Å².